The van der Waals surface area contributed by atoms with Crippen LogP contribution in [0.5, 0.6) is 0 Å². The summed E-state index contributed by atoms with van der Waals surface area (Å²) in [6, 6.07) is 16.6. The van der Waals surface area contributed by atoms with Crippen molar-refractivity contribution >= 4 is 23.4 Å². The standard InChI is InChI=1S/C20H20N2O/c1-2-22-19-12-10-17(9-6-14-23)15-18(19)21-20(22)13-11-16-7-4-3-5-8-16/h3-10,12,14-15H,2,11,13H2,1H3/b9-6+. The number of aromatic nitrogens is 2. The molecule has 3 rings (SSSR count). The molecule has 0 unspecified atom stereocenters. The summed E-state index contributed by atoms with van der Waals surface area (Å²) in [6.45, 7) is 3.05. The predicted molar refractivity (Wildman–Crippen MR) is 94.4 cm³/mol. The van der Waals surface area contributed by atoms with Crippen LogP contribution < -0.4 is 0 Å². The Kier molecular flexibility index (Phi) is 4.67. The van der Waals surface area contributed by atoms with E-state index in [4.69, 9.17) is 4.98 Å². The Morgan fingerprint density at radius 1 is 1.09 bits per heavy atom. The number of allylic oxidation sites excluding steroid dienone is 1. The largest absolute Gasteiger partial charge is 0.328 e. The number of hydrogen-bond acceptors (Lipinski definition) is 2. The second kappa shape index (κ2) is 7.05. The van der Waals surface area contributed by atoms with Crippen LogP contribution in [0.2, 0.25) is 0 Å². The summed E-state index contributed by atoms with van der Waals surface area (Å²) in [5.41, 5.74) is 4.47. The Morgan fingerprint density at radius 3 is 2.65 bits per heavy atom. The first-order valence-corrected chi connectivity index (χ1v) is 7.96. The Morgan fingerprint density at radius 2 is 1.91 bits per heavy atom. The number of fused-ring (bicyclic) bond motifs is 1. The van der Waals surface area contributed by atoms with Crippen molar-refractivity contribution in [1.82, 2.24) is 9.55 Å². The number of rotatable bonds is 6. The summed E-state index contributed by atoms with van der Waals surface area (Å²) < 4.78 is 2.27. The molecule has 116 valence electrons. The van der Waals surface area contributed by atoms with Crippen molar-refractivity contribution in [3.8, 4) is 0 Å². The first-order valence-electron chi connectivity index (χ1n) is 7.96. The van der Waals surface area contributed by atoms with Crippen molar-refractivity contribution in [2.75, 3.05) is 0 Å². The van der Waals surface area contributed by atoms with Gasteiger partial charge in [0.05, 0.1) is 11.0 Å². The van der Waals surface area contributed by atoms with Crippen molar-refractivity contribution in [1.29, 1.82) is 0 Å². The molecule has 23 heavy (non-hydrogen) atoms. The monoisotopic (exact) mass is 304 g/mol. The average Bonchev–Trinajstić information content (AvgIpc) is 2.95. The normalized spacial score (nSPS) is 11.3. The number of benzene rings is 2. The van der Waals surface area contributed by atoms with Gasteiger partial charge in [-0.05, 0) is 42.7 Å². The zero-order chi connectivity index (χ0) is 16.1. The SMILES string of the molecule is CCn1c(CCc2ccccc2)nc2cc(/C=C/C=O)ccc21. The van der Waals surface area contributed by atoms with Gasteiger partial charge in [0.2, 0.25) is 0 Å². The van der Waals surface area contributed by atoms with Crippen LogP contribution in [0.4, 0.5) is 0 Å². The van der Waals surface area contributed by atoms with Gasteiger partial charge in [-0.2, -0.15) is 0 Å². The maximum Gasteiger partial charge on any atom is 0.142 e. The van der Waals surface area contributed by atoms with Crippen molar-refractivity contribution < 1.29 is 4.79 Å². The van der Waals surface area contributed by atoms with Gasteiger partial charge in [-0.25, -0.2) is 4.98 Å². The molecule has 0 aliphatic carbocycles. The Hall–Kier alpha value is -2.68. The lowest BCUT2D eigenvalue weighted by atomic mass is 10.1. The maximum atomic E-state index is 10.5. The van der Waals surface area contributed by atoms with Crippen LogP contribution in [-0.2, 0) is 24.2 Å². The average molecular weight is 304 g/mol. The van der Waals surface area contributed by atoms with Crippen LogP contribution >= 0.6 is 0 Å². The van der Waals surface area contributed by atoms with Gasteiger partial charge >= 0.3 is 0 Å². The predicted octanol–water partition coefficient (Wildman–Crippen LogP) is 4.05. The molecule has 0 fully saturated rings. The Balaban J connectivity index is 1.90. The minimum atomic E-state index is 0.792. The highest BCUT2D eigenvalue weighted by Crippen LogP contribution is 2.20. The smallest absolute Gasteiger partial charge is 0.142 e. The third kappa shape index (κ3) is 3.39. The fourth-order valence-electron chi connectivity index (χ4n) is 2.90. The third-order valence-corrected chi connectivity index (χ3v) is 4.01. The summed E-state index contributed by atoms with van der Waals surface area (Å²) >= 11 is 0. The number of aldehydes is 1. The second-order valence-corrected chi connectivity index (χ2v) is 5.50. The van der Waals surface area contributed by atoms with Gasteiger partial charge in [0.1, 0.15) is 12.1 Å². The maximum absolute atomic E-state index is 10.5. The first-order chi connectivity index (χ1) is 11.3. The van der Waals surface area contributed by atoms with Crippen LogP contribution in [0, 0.1) is 0 Å². The van der Waals surface area contributed by atoms with Gasteiger partial charge in [0, 0.05) is 13.0 Å². The molecular formula is C20H20N2O. The van der Waals surface area contributed by atoms with Crippen molar-refractivity contribution in [3.63, 3.8) is 0 Å². The van der Waals surface area contributed by atoms with Crippen LogP contribution in [0.1, 0.15) is 23.9 Å². The molecule has 0 bridgehead atoms. The molecule has 0 saturated heterocycles. The number of carbonyl (C=O) groups is 1. The summed E-state index contributed by atoms with van der Waals surface area (Å²) in [4.78, 5) is 15.3. The fraction of sp³-hybridized carbons (Fsp3) is 0.200. The van der Waals surface area contributed by atoms with E-state index < -0.39 is 0 Å². The van der Waals surface area contributed by atoms with E-state index in [0.29, 0.717) is 0 Å². The number of carbonyl (C=O) groups excluding carboxylic acids is 1. The molecular weight excluding hydrogens is 284 g/mol. The Labute approximate surface area is 136 Å². The molecule has 0 N–H and O–H groups in total. The number of aryl methyl sites for hydroxylation is 3. The van der Waals surface area contributed by atoms with Gasteiger partial charge in [0.25, 0.3) is 0 Å². The molecule has 1 aromatic heterocycles. The molecule has 2 aromatic carbocycles. The second-order valence-electron chi connectivity index (χ2n) is 5.50. The van der Waals surface area contributed by atoms with E-state index in [9.17, 15) is 4.79 Å². The van der Waals surface area contributed by atoms with Crippen LogP contribution in [0.3, 0.4) is 0 Å². The summed E-state index contributed by atoms with van der Waals surface area (Å²) in [5, 5.41) is 0. The molecule has 1 heterocycles. The molecule has 0 atom stereocenters. The molecule has 3 aromatic rings. The summed E-state index contributed by atoms with van der Waals surface area (Å²) in [6.07, 6.45) is 6.02. The number of nitrogens with zero attached hydrogens (tertiary/aromatic N) is 2. The third-order valence-electron chi connectivity index (χ3n) is 4.01. The molecule has 3 nitrogen and oxygen atoms in total. The van der Waals surface area contributed by atoms with E-state index in [-0.39, 0.29) is 0 Å². The van der Waals surface area contributed by atoms with Gasteiger partial charge < -0.3 is 4.57 Å². The van der Waals surface area contributed by atoms with Gasteiger partial charge in [-0.15, -0.1) is 0 Å². The molecule has 0 aliphatic heterocycles. The van der Waals surface area contributed by atoms with E-state index in [1.54, 1.807) is 6.08 Å². The van der Waals surface area contributed by atoms with Gasteiger partial charge in [-0.1, -0.05) is 42.5 Å². The van der Waals surface area contributed by atoms with Gasteiger partial charge in [-0.3, -0.25) is 4.79 Å². The van der Waals surface area contributed by atoms with Crippen LogP contribution in [-0.4, -0.2) is 15.8 Å². The summed E-state index contributed by atoms with van der Waals surface area (Å²) in [5.74, 6) is 1.11. The van der Waals surface area contributed by atoms with E-state index in [1.165, 1.54) is 11.6 Å². The number of hydrogen-bond donors (Lipinski definition) is 0. The van der Waals surface area contributed by atoms with Gasteiger partial charge in [0.15, 0.2) is 0 Å². The lowest BCUT2D eigenvalue weighted by Crippen LogP contribution is -2.03. The quantitative estimate of drug-likeness (QED) is 0.508. The highest BCUT2D eigenvalue weighted by atomic mass is 16.1. The lowest BCUT2D eigenvalue weighted by Gasteiger charge is -2.06. The van der Waals surface area contributed by atoms with E-state index >= 15 is 0 Å². The highest BCUT2D eigenvalue weighted by molar-refractivity contribution is 5.81. The van der Waals surface area contributed by atoms with E-state index in [1.807, 2.05) is 18.2 Å². The molecule has 0 amide bonds. The minimum Gasteiger partial charge on any atom is -0.328 e. The van der Waals surface area contributed by atoms with Crippen LogP contribution in [0.15, 0.2) is 54.6 Å². The van der Waals surface area contributed by atoms with Crippen LogP contribution in [0.25, 0.3) is 17.1 Å². The van der Waals surface area contributed by atoms with Crippen molar-refractivity contribution in [2.24, 2.45) is 0 Å². The summed E-state index contributed by atoms with van der Waals surface area (Å²) in [7, 11) is 0. The highest BCUT2D eigenvalue weighted by Gasteiger charge is 2.09. The lowest BCUT2D eigenvalue weighted by molar-refractivity contribution is -0.104. The van der Waals surface area contributed by atoms with Crippen molar-refractivity contribution in [2.45, 2.75) is 26.3 Å². The zero-order valence-electron chi connectivity index (χ0n) is 13.3. The molecule has 0 aliphatic rings. The first kappa shape index (κ1) is 15.2. The van der Waals surface area contributed by atoms with E-state index in [0.717, 1.165) is 48.1 Å². The molecule has 0 spiro atoms. The molecule has 0 saturated carbocycles. The fourth-order valence-corrected chi connectivity index (χ4v) is 2.90. The molecule has 0 radical (unpaired) electrons. The van der Waals surface area contributed by atoms with E-state index in [2.05, 4.69) is 41.8 Å². The Bertz CT molecular complexity index is 831. The van der Waals surface area contributed by atoms with Crippen molar-refractivity contribution in [3.05, 3.63) is 71.6 Å². The number of imidazole rings is 1. The zero-order valence-corrected chi connectivity index (χ0v) is 13.3. The topological polar surface area (TPSA) is 34.9 Å². The minimum absolute atomic E-state index is 0.792. The molecule has 3 heteroatoms.